The standard InChI is InChI=1S/C19H26N4O4S/c1-20-5-6-21-13-4-7-23(11-13)14-10-16(27-3)15(26-2)8-12(14)9-17-18(24)22-19(25)28-17/h8-10,13,20-21H,4-7,11H2,1-3H3,(H,22,24,25). The summed E-state index contributed by atoms with van der Waals surface area (Å²) in [4.78, 5) is 26.1. The molecule has 3 N–H and O–H groups in total. The van der Waals surface area contributed by atoms with Crippen LogP contribution in [-0.4, -0.2) is 64.6 Å². The molecule has 2 aliphatic rings. The maximum absolute atomic E-state index is 12.0. The van der Waals surface area contributed by atoms with Gasteiger partial charge in [-0.2, -0.15) is 0 Å². The lowest BCUT2D eigenvalue weighted by Gasteiger charge is -2.23. The van der Waals surface area contributed by atoms with Gasteiger partial charge in [0, 0.05) is 49.5 Å². The maximum atomic E-state index is 12.0. The quantitative estimate of drug-likeness (QED) is 0.441. The summed E-state index contributed by atoms with van der Waals surface area (Å²) in [6, 6.07) is 4.17. The van der Waals surface area contributed by atoms with E-state index in [2.05, 4.69) is 20.9 Å². The monoisotopic (exact) mass is 406 g/mol. The number of carbonyl (C=O) groups excluding carboxylic acids is 2. The van der Waals surface area contributed by atoms with E-state index in [4.69, 9.17) is 9.47 Å². The van der Waals surface area contributed by atoms with Gasteiger partial charge in [-0.3, -0.25) is 14.9 Å². The van der Waals surface area contributed by atoms with Gasteiger partial charge >= 0.3 is 0 Å². The minimum Gasteiger partial charge on any atom is -0.493 e. The molecule has 152 valence electrons. The Balaban J connectivity index is 1.90. The summed E-state index contributed by atoms with van der Waals surface area (Å²) in [6.45, 7) is 3.58. The molecule has 0 aliphatic carbocycles. The van der Waals surface area contributed by atoms with Gasteiger partial charge < -0.3 is 25.0 Å². The molecule has 1 aromatic rings. The number of hydrogen-bond acceptors (Lipinski definition) is 8. The predicted octanol–water partition coefficient (Wildman–Crippen LogP) is 1.42. The Kier molecular flexibility index (Phi) is 6.82. The fourth-order valence-corrected chi connectivity index (χ4v) is 4.06. The lowest BCUT2D eigenvalue weighted by Crippen LogP contribution is -2.36. The lowest BCUT2D eigenvalue weighted by molar-refractivity contribution is -0.115. The molecule has 28 heavy (non-hydrogen) atoms. The van der Waals surface area contributed by atoms with Gasteiger partial charge in [0.15, 0.2) is 11.5 Å². The molecule has 2 saturated heterocycles. The molecular weight excluding hydrogens is 380 g/mol. The van der Waals surface area contributed by atoms with E-state index >= 15 is 0 Å². The van der Waals surface area contributed by atoms with Crippen LogP contribution < -0.4 is 30.3 Å². The highest BCUT2D eigenvalue weighted by atomic mass is 32.2. The van der Waals surface area contributed by atoms with Crippen molar-refractivity contribution in [1.29, 1.82) is 0 Å². The number of ether oxygens (including phenoxy) is 2. The molecule has 9 heteroatoms. The number of anilines is 1. The minimum atomic E-state index is -0.372. The SMILES string of the molecule is CNCCNC1CCN(c2cc(OC)c(OC)cc2C=C2SC(=O)NC2=O)C1. The summed E-state index contributed by atoms with van der Waals surface area (Å²) >= 11 is 0.909. The van der Waals surface area contributed by atoms with Crippen molar-refractivity contribution in [2.75, 3.05) is 52.3 Å². The average molecular weight is 407 g/mol. The summed E-state index contributed by atoms with van der Waals surface area (Å²) in [6.07, 6.45) is 2.77. The van der Waals surface area contributed by atoms with Crippen LogP contribution in [0.2, 0.25) is 0 Å². The number of benzene rings is 1. The topological polar surface area (TPSA) is 91.9 Å². The third kappa shape index (κ3) is 4.60. The highest BCUT2D eigenvalue weighted by Gasteiger charge is 2.28. The van der Waals surface area contributed by atoms with Crippen LogP contribution in [0.3, 0.4) is 0 Å². The molecule has 0 radical (unpaired) electrons. The molecule has 3 rings (SSSR count). The first-order chi connectivity index (χ1) is 13.5. The van der Waals surface area contributed by atoms with Crippen molar-refractivity contribution in [2.24, 2.45) is 0 Å². The Labute approximate surface area is 169 Å². The number of nitrogens with zero attached hydrogens (tertiary/aromatic N) is 1. The summed E-state index contributed by atoms with van der Waals surface area (Å²) in [5.41, 5.74) is 1.77. The number of rotatable bonds is 8. The van der Waals surface area contributed by atoms with E-state index in [0.29, 0.717) is 22.4 Å². The second kappa shape index (κ2) is 9.31. The number of nitrogens with one attached hydrogen (secondary N) is 3. The Bertz CT molecular complexity index is 783. The van der Waals surface area contributed by atoms with Gasteiger partial charge in [0.25, 0.3) is 11.1 Å². The number of hydrogen-bond donors (Lipinski definition) is 3. The Morgan fingerprint density at radius 2 is 2.00 bits per heavy atom. The summed E-state index contributed by atoms with van der Waals surface area (Å²) < 4.78 is 10.9. The van der Waals surface area contributed by atoms with Crippen LogP contribution in [-0.2, 0) is 4.79 Å². The van der Waals surface area contributed by atoms with E-state index in [-0.39, 0.29) is 11.1 Å². The number of likely N-dealkylation sites (N-methyl/N-ethyl adjacent to an activating group) is 1. The molecule has 1 unspecified atom stereocenters. The molecule has 2 amide bonds. The number of imide groups is 1. The smallest absolute Gasteiger partial charge is 0.290 e. The zero-order valence-electron chi connectivity index (χ0n) is 16.3. The highest BCUT2D eigenvalue weighted by Crippen LogP contribution is 2.39. The van der Waals surface area contributed by atoms with Crippen molar-refractivity contribution in [3.8, 4) is 11.5 Å². The largest absolute Gasteiger partial charge is 0.493 e. The molecule has 8 nitrogen and oxygen atoms in total. The fourth-order valence-electron chi connectivity index (χ4n) is 3.38. The fraction of sp³-hybridized carbons (Fsp3) is 0.474. The molecular formula is C19H26N4O4S. The van der Waals surface area contributed by atoms with Crippen molar-refractivity contribution in [3.63, 3.8) is 0 Å². The van der Waals surface area contributed by atoms with Crippen molar-refractivity contribution < 1.29 is 19.1 Å². The van der Waals surface area contributed by atoms with E-state index < -0.39 is 0 Å². The van der Waals surface area contributed by atoms with E-state index in [1.165, 1.54) is 0 Å². The molecule has 2 aliphatic heterocycles. The van der Waals surface area contributed by atoms with Gasteiger partial charge in [0.05, 0.1) is 19.1 Å². The van der Waals surface area contributed by atoms with Gasteiger partial charge in [-0.25, -0.2) is 0 Å². The number of amides is 2. The van der Waals surface area contributed by atoms with Crippen molar-refractivity contribution in [3.05, 3.63) is 22.6 Å². The first-order valence-electron chi connectivity index (χ1n) is 9.19. The summed E-state index contributed by atoms with van der Waals surface area (Å²) in [7, 11) is 5.12. The molecule has 0 aromatic heterocycles. The van der Waals surface area contributed by atoms with E-state index in [9.17, 15) is 9.59 Å². The van der Waals surface area contributed by atoms with Crippen LogP contribution in [0.4, 0.5) is 10.5 Å². The van der Waals surface area contributed by atoms with Crippen molar-refractivity contribution in [2.45, 2.75) is 12.5 Å². The van der Waals surface area contributed by atoms with E-state index in [0.717, 1.165) is 55.6 Å². The molecule has 1 atom stereocenters. The molecule has 2 heterocycles. The van der Waals surface area contributed by atoms with Crippen molar-refractivity contribution in [1.82, 2.24) is 16.0 Å². The number of methoxy groups -OCH3 is 2. The second-order valence-electron chi connectivity index (χ2n) is 6.61. The van der Waals surface area contributed by atoms with Crippen LogP contribution in [0.1, 0.15) is 12.0 Å². The van der Waals surface area contributed by atoms with E-state index in [1.807, 2.05) is 19.2 Å². The first-order valence-corrected chi connectivity index (χ1v) is 10.0. The lowest BCUT2D eigenvalue weighted by atomic mass is 10.1. The van der Waals surface area contributed by atoms with Crippen LogP contribution in [0.25, 0.3) is 6.08 Å². The maximum Gasteiger partial charge on any atom is 0.290 e. The molecule has 1 aromatic carbocycles. The van der Waals surface area contributed by atoms with Gasteiger partial charge in [-0.15, -0.1) is 0 Å². The average Bonchev–Trinajstić information content (AvgIpc) is 3.27. The predicted molar refractivity (Wildman–Crippen MR) is 111 cm³/mol. The molecule has 0 bridgehead atoms. The van der Waals surface area contributed by atoms with Crippen LogP contribution >= 0.6 is 11.8 Å². The van der Waals surface area contributed by atoms with Gasteiger partial charge in [-0.05, 0) is 37.4 Å². The number of thioether (sulfide) groups is 1. The summed E-state index contributed by atoms with van der Waals surface area (Å²) in [5, 5.41) is 8.63. The van der Waals surface area contributed by atoms with Crippen molar-refractivity contribution >= 4 is 34.7 Å². The normalized spacial score (nSPS) is 20.8. The zero-order chi connectivity index (χ0) is 20.1. The van der Waals surface area contributed by atoms with Crippen LogP contribution in [0, 0.1) is 0 Å². The summed E-state index contributed by atoms with van der Waals surface area (Å²) in [5.74, 6) is 0.838. The Morgan fingerprint density at radius 3 is 2.64 bits per heavy atom. The molecule has 0 saturated carbocycles. The third-order valence-corrected chi connectivity index (χ3v) is 5.61. The van der Waals surface area contributed by atoms with Gasteiger partial charge in [0.2, 0.25) is 0 Å². The second-order valence-corrected chi connectivity index (χ2v) is 7.62. The Morgan fingerprint density at radius 1 is 1.25 bits per heavy atom. The molecule has 0 spiro atoms. The van der Waals surface area contributed by atoms with Crippen LogP contribution in [0.5, 0.6) is 11.5 Å². The first kappa shape index (κ1) is 20.5. The third-order valence-electron chi connectivity index (χ3n) is 4.80. The molecule has 2 fully saturated rings. The number of carbonyl (C=O) groups is 2. The van der Waals surface area contributed by atoms with E-state index in [1.54, 1.807) is 20.3 Å². The zero-order valence-corrected chi connectivity index (χ0v) is 17.1. The minimum absolute atomic E-state index is 0.353. The highest BCUT2D eigenvalue weighted by molar-refractivity contribution is 8.18. The van der Waals surface area contributed by atoms with Gasteiger partial charge in [-0.1, -0.05) is 0 Å². The van der Waals surface area contributed by atoms with Gasteiger partial charge in [0.1, 0.15) is 0 Å². The van der Waals surface area contributed by atoms with Crippen LogP contribution in [0.15, 0.2) is 17.0 Å². The Hall–Kier alpha value is -2.23.